The summed E-state index contributed by atoms with van der Waals surface area (Å²) in [6.07, 6.45) is 4.43. The summed E-state index contributed by atoms with van der Waals surface area (Å²) in [4.78, 5) is 10.1. The van der Waals surface area contributed by atoms with Gasteiger partial charge in [-0.2, -0.15) is 4.98 Å². The molecule has 5 heteroatoms. The number of hydrogen-bond acceptors (Lipinski definition) is 4. The molecule has 0 unspecified atom stereocenters. The largest absolute Gasteiger partial charge is 0.507 e. The first-order valence-corrected chi connectivity index (χ1v) is 22.0. The van der Waals surface area contributed by atoms with Crippen LogP contribution in [-0.4, -0.2) is 19.6 Å². The summed E-state index contributed by atoms with van der Waals surface area (Å²) in [5.74, 6) is 2.56. The van der Waals surface area contributed by atoms with Crippen molar-refractivity contribution < 1.29 is 9.84 Å². The first-order chi connectivity index (χ1) is 30.2. The number of nitrogens with zero attached hydrogens (tertiary/aromatic N) is 3. The molecule has 1 N–H and O–H groups in total. The van der Waals surface area contributed by atoms with Gasteiger partial charge in [-0.15, -0.1) is 0 Å². The van der Waals surface area contributed by atoms with E-state index in [1.807, 2.05) is 42.5 Å². The van der Waals surface area contributed by atoms with Crippen molar-refractivity contribution in [3.63, 3.8) is 0 Å². The third-order valence-electron chi connectivity index (χ3n) is 13.4. The molecule has 0 saturated heterocycles. The maximum atomic E-state index is 11.0. The van der Waals surface area contributed by atoms with Crippen LogP contribution in [-0.2, 0) is 25.7 Å². The number of aromatic hydroxyl groups is 1. The minimum atomic E-state index is 0.169. The van der Waals surface area contributed by atoms with Crippen molar-refractivity contribution in [2.75, 3.05) is 0 Å². The van der Waals surface area contributed by atoms with Gasteiger partial charge in [0.05, 0.1) is 16.7 Å². The van der Waals surface area contributed by atoms with Crippen LogP contribution in [0.3, 0.4) is 0 Å². The molecule has 11 rings (SSSR count). The number of aromatic nitrogens is 3. The Morgan fingerprint density at radius 1 is 0.516 bits per heavy atom. The van der Waals surface area contributed by atoms with Gasteiger partial charge >= 0.3 is 0 Å². The molecule has 3 aromatic heterocycles. The Hall–Kier alpha value is -6.98. The average molecular weight is 808 g/mol. The molecule has 304 valence electrons. The van der Waals surface area contributed by atoms with Crippen LogP contribution >= 0.6 is 0 Å². The normalized spacial score (nSPS) is 14.0. The number of phenols is 1. The quantitative estimate of drug-likeness (QED) is 0.166. The second-order valence-electron chi connectivity index (χ2n) is 18.2. The Balaban J connectivity index is 0.971. The number of pyridine rings is 2. The second kappa shape index (κ2) is 14.9. The molecule has 0 fully saturated rings. The van der Waals surface area contributed by atoms with E-state index in [0.717, 1.165) is 53.7 Å². The Morgan fingerprint density at radius 2 is 1.16 bits per heavy atom. The van der Waals surface area contributed by atoms with Crippen molar-refractivity contribution in [3.05, 3.63) is 191 Å². The van der Waals surface area contributed by atoms with E-state index in [4.69, 9.17) is 14.7 Å². The molecule has 62 heavy (non-hydrogen) atoms. The van der Waals surface area contributed by atoms with Gasteiger partial charge in [-0.25, -0.2) is 4.98 Å². The maximum absolute atomic E-state index is 11.0. The van der Waals surface area contributed by atoms with Gasteiger partial charge in [0.1, 0.15) is 11.6 Å². The van der Waals surface area contributed by atoms with Crippen LogP contribution in [0.5, 0.6) is 17.5 Å². The van der Waals surface area contributed by atoms with Gasteiger partial charge in [0.15, 0.2) is 0 Å². The molecule has 2 aliphatic carbocycles. The van der Waals surface area contributed by atoms with E-state index < -0.39 is 0 Å². The van der Waals surface area contributed by atoms with Crippen molar-refractivity contribution in [1.82, 2.24) is 14.5 Å². The third-order valence-corrected chi connectivity index (χ3v) is 13.4. The monoisotopic (exact) mass is 807 g/mol. The van der Waals surface area contributed by atoms with Crippen LogP contribution in [0.15, 0.2) is 158 Å². The van der Waals surface area contributed by atoms with Crippen LogP contribution in [0.1, 0.15) is 72.9 Å². The van der Waals surface area contributed by atoms with E-state index in [-0.39, 0.29) is 11.2 Å². The Bertz CT molecular complexity index is 3160. The van der Waals surface area contributed by atoms with Crippen molar-refractivity contribution >= 4 is 21.8 Å². The van der Waals surface area contributed by atoms with Crippen LogP contribution in [0.25, 0.3) is 61.1 Å². The molecule has 6 aromatic carbocycles. The predicted molar refractivity (Wildman–Crippen MR) is 253 cm³/mol. The lowest BCUT2D eigenvalue weighted by atomic mass is 9.82. The highest BCUT2D eigenvalue weighted by molar-refractivity contribution is 6.10. The second-order valence-corrected chi connectivity index (χ2v) is 18.2. The molecule has 9 aromatic rings. The molecule has 3 heterocycles. The summed E-state index contributed by atoms with van der Waals surface area (Å²) in [6.45, 7) is 9.12. The average Bonchev–Trinajstić information content (AvgIpc) is 3.94. The zero-order valence-electron chi connectivity index (χ0n) is 35.7. The first-order valence-electron chi connectivity index (χ1n) is 22.0. The minimum Gasteiger partial charge on any atom is -0.507 e. The van der Waals surface area contributed by atoms with Gasteiger partial charge in [0.25, 0.3) is 0 Å². The number of benzene rings is 6. The van der Waals surface area contributed by atoms with Crippen molar-refractivity contribution in [1.29, 1.82) is 0 Å². The summed E-state index contributed by atoms with van der Waals surface area (Å²) in [5, 5.41) is 13.4. The van der Waals surface area contributed by atoms with Gasteiger partial charge in [-0.3, -0.25) is 4.57 Å². The van der Waals surface area contributed by atoms with Crippen LogP contribution in [0, 0.1) is 5.41 Å². The first kappa shape index (κ1) is 38.0. The molecule has 2 aliphatic rings. The maximum Gasteiger partial charge on any atom is 0.223 e. The zero-order valence-corrected chi connectivity index (χ0v) is 35.7. The molecule has 0 amide bonds. The van der Waals surface area contributed by atoms with Crippen LogP contribution < -0.4 is 4.74 Å². The predicted octanol–water partition coefficient (Wildman–Crippen LogP) is 14.2. The molecular weight excluding hydrogens is 759 g/mol. The van der Waals surface area contributed by atoms with Gasteiger partial charge < -0.3 is 9.84 Å². The fourth-order valence-electron chi connectivity index (χ4n) is 10.5. The summed E-state index contributed by atoms with van der Waals surface area (Å²) >= 11 is 0. The lowest BCUT2D eigenvalue weighted by Crippen LogP contribution is -2.21. The lowest BCUT2D eigenvalue weighted by Gasteiger charge is -2.21. The molecule has 0 radical (unpaired) electrons. The standard InChI is InChI=1S/C57H49N3O2/c1-35(2)44-17-11-18-45(36(3)4)56(44)38-25-26-51-48(28-38)46-15-7-9-19-50(46)60(51)53-21-12-22-54(59-53)62-55-30-42(29-49(58-55)47-16-8-10-20-52(47)61)37-23-24-41-33-57(34-43(41)27-37)31-39-13-5-6-14-40(39)32-57/h5-30,35-36,61H,31-34H2,1-4H3. The van der Waals surface area contributed by atoms with Gasteiger partial charge in [0, 0.05) is 28.5 Å². The summed E-state index contributed by atoms with van der Waals surface area (Å²) in [5.41, 5.74) is 16.9. The highest BCUT2D eigenvalue weighted by Gasteiger charge is 2.42. The summed E-state index contributed by atoms with van der Waals surface area (Å²) in [7, 11) is 0. The van der Waals surface area contributed by atoms with E-state index in [9.17, 15) is 5.11 Å². The fourth-order valence-corrected chi connectivity index (χ4v) is 10.5. The fraction of sp³-hybridized carbons (Fsp3) is 0.193. The van der Waals surface area contributed by atoms with Gasteiger partial charge in [-0.1, -0.05) is 131 Å². The Morgan fingerprint density at radius 3 is 1.92 bits per heavy atom. The van der Waals surface area contributed by atoms with E-state index in [1.165, 1.54) is 55.3 Å². The number of hydrogen-bond donors (Lipinski definition) is 1. The number of ether oxygens (including phenoxy) is 1. The zero-order chi connectivity index (χ0) is 42.1. The molecule has 0 bridgehead atoms. The highest BCUT2D eigenvalue weighted by atomic mass is 16.5. The van der Waals surface area contributed by atoms with Crippen LogP contribution in [0.2, 0.25) is 0 Å². The van der Waals surface area contributed by atoms with E-state index in [1.54, 1.807) is 6.07 Å². The Kier molecular flexibility index (Phi) is 9.12. The minimum absolute atomic E-state index is 0.169. The molecule has 5 nitrogen and oxygen atoms in total. The third kappa shape index (κ3) is 6.55. The topological polar surface area (TPSA) is 60.2 Å². The molecule has 0 atom stereocenters. The number of rotatable bonds is 8. The van der Waals surface area contributed by atoms with Crippen LogP contribution in [0.4, 0.5) is 0 Å². The number of para-hydroxylation sites is 2. The van der Waals surface area contributed by atoms with E-state index in [2.05, 4.69) is 141 Å². The molecular formula is C57H49N3O2. The SMILES string of the molecule is CC(C)c1cccc(C(C)C)c1-c1ccc2c(c1)c1ccccc1n2-c1cccc(Oc2cc(-c3ccc4c(c3)CC3(Cc5ccccc5C3)C4)cc(-c3ccccc3O)n2)n1. The number of phenolic OH excluding ortho intramolecular Hbond substituents is 1. The van der Waals surface area contributed by atoms with Crippen molar-refractivity contribution in [3.8, 4) is 56.8 Å². The number of fused-ring (bicyclic) bond motifs is 5. The van der Waals surface area contributed by atoms with Gasteiger partial charge in [0.2, 0.25) is 11.8 Å². The molecule has 1 spiro atoms. The lowest BCUT2D eigenvalue weighted by molar-refractivity contribution is 0.326. The Labute approximate surface area is 363 Å². The highest BCUT2D eigenvalue weighted by Crippen LogP contribution is 2.48. The molecule has 0 aliphatic heterocycles. The van der Waals surface area contributed by atoms with E-state index >= 15 is 0 Å². The van der Waals surface area contributed by atoms with Crippen molar-refractivity contribution in [2.24, 2.45) is 5.41 Å². The van der Waals surface area contributed by atoms with Crippen molar-refractivity contribution in [2.45, 2.75) is 65.2 Å². The molecule has 0 saturated carbocycles. The van der Waals surface area contributed by atoms with Gasteiger partial charge in [-0.05, 0) is 141 Å². The van der Waals surface area contributed by atoms with E-state index in [0.29, 0.717) is 34.9 Å². The summed E-state index contributed by atoms with van der Waals surface area (Å²) < 4.78 is 8.87. The smallest absolute Gasteiger partial charge is 0.223 e. The summed E-state index contributed by atoms with van der Waals surface area (Å²) in [6, 6.07) is 55.4.